The molecule has 56 valence electrons. The fourth-order valence-electron chi connectivity index (χ4n) is 3.44. The van der Waals surface area contributed by atoms with Crippen LogP contribution in [0.25, 0.3) is 0 Å². The van der Waals surface area contributed by atoms with Crippen LogP contribution in [0.15, 0.2) is 0 Å². The molecule has 0 saturated heterocycles. The summed E-state index contributed by atoms with van der Waals surface area (Å²) in [6, 6.07) is 0.569. The number of rotatable bonds is 0. The second kappa shape index (κ2) is 1.29. The Morgan fingerprint density at radius 3 is 2.10 bits per heavy atom. The molecule has 0 aromatic rings. The minimum atomic E-state index is 0.569. The van der Waals surface area contributed by atoms with Crippen molar-refractivity contribution in [1.29, 1.82) is 0 Å². The van der Waals surface area contributed by atoms with Crippen LogP contribution in [0.5, 0.6) is 0 Å². The topological polar surface area (TPSA) is 26.0 Å². The van der Waals surface area contributed by atoms with Gasteiger partial charge in [0.15, 0.2) is 0 Å². The van der Waals surface area contributed by atoms with Crippen molar-refractivity contribution in [2.75, 3.05) is 0 Å². The molecule has 3 fully saturated rings. The normalized spacial score (nSPS) is 54.3. The van der Waals surface area contributed by atoms with Crippen LogP contribution < -0.4 is 5.73 Å². The van der Waals surface area contributed by atoms with Crippen LogP contribution in [0.4, 0.5) is 0 Å². The number of nitrogens with two attached hydrogens (primary N) is 1. The molecule has 3 aliphatic carbocycles. The van der Waals surface area contributed by atoms with Gasteiger partial charge < -0.3 is 5.73 Å². The van der Waals surface area contributed by atoms with E-state index in [4.69, 9.17) is 5.73 Å². The van der Waals surface area contributed by atoms with E-state index in [2.05, 4.69) is 0 Å². The molecule has 1 heteroatoms. The third-order valence-electron chi connectivity index (χ3n) is 4.29. The highest BCUT2D eigenvalue weighted by molar-refractivity contribution is 5.23. The summed E-state index contributed by atoms with van der Waals surface area (Å²) in [5, 5.41) is 0. The molecule has 0 unspecified atom stereocenters. The third kappa shape index (κ3) is 0.402. The van der Waals surface area contributed by atoms with E-state index in [1.165, 1.54) is 38.5 Å². The highest BCUT2D eigenvalue weighted by Crippen LogP contribution is 2.80. The zero-order chi connectivity index (χ0) is 6.82. The minimum absolute atomic E-state index is 0.569. The van der Waals surface area contributed by atoms with Gasteiger partial charge in [-0.2, -0.15) is 0 Å². The Morgan fingerprint density at radius 2 is 1.80 bits per heavy atom. The lowest BCUT2D eigenvalue weighted by Crippen LogP contribution is -2.42. The molecule has 0 aromatic heterocycles. The molecule has 2 spiro atoms. The monoisotopic (exact) mass is 137 g/mol. The zero-order valence-corrected chi connectivity index (χ0v) is 6.40. The van der Waals surface area contributed by atoms with Crippen molar-refractivity contribution in [3.05, 3.63) is 0 Å². The molecule has 3 saturated carbocycles. The number of hydrogen-bond acceptors (Lipinski definition) is 1. The highest BCUT2D eigenvalue weighted by Gasteiger charge is 2.72. The Kier molecular flexibility index (Phi) is 0.722. The number of fused-ring (bicyclic) bond motifs is 1. The van der Waals surface area contributed by atoms with E-state index in [1.54, 1.807) is 0 Å². The molecular formula is C9H15N. The van der Waals surface area contributed by atoms with E-state index in [0.29, 0.717) is 6.04 Å². The van der Waals surface area contributed by atoms with E-state index >= 15 is 0 Å². The van der Waals surface area contributed by atoms with E-state index in [0.717, 1.165) is 10.8 Å². The van der Waals surface area contributed by atoms with Gasteiger partial charge in [0.1, 0.15) is 0 Å². The smallest absolute Gasteiger partial charge is 0.00498 e. The molecule has 3 rings (SSSR count). The lowest BCUT2D eigenvalue weighted by atomic mass is 9.65. The second-order valence-corrected chi connectivity index (χ2v) is 4.76. The lowest BCUT2D eigenvalue weighted by molar-refractivity contribution is 0.110. The van der Waals surface area contributed by atoms with Gasteiger partial charge in [-0.25, -0.2) is 0 Å². The van der Waals surface area contributed by atoms with E-state index < -0.39 is 0 Å². The fourth-order valence-corrected chi connectivity index (χ4v) is 3.44. The summed E-state index contributed by atoms with van der Waals surface area (Å²) in [7, 11) is 0. The fraction of sp³-hybridized carbons (Fsp3) is 1.00. The average molecular weight is 137 g/mol. The molecule has 0 heterocycles. The molecule has 3 aliphatic rings. The molecule has 0 atom stereocenters. The molecule has 0 radical (unpaired) electrons. The second-order valence-electron chi connectivity index (χ2n) is 4.76. The van der Waals surface area contributed by atoms with Crippen LogP contribution in [0.3, 0.4) is 0 Å². The number of hydrogen-bond donors (Lipinski definition) is 1. The minimum Gasteiger partial charge on any atom is -0.328 e. The van der Waals surface area contributed by atoms with Crippen molar-refractivity contribution in [1.82, 2.24) is 0 Å². The van der Waals surface area contributed by atoms with Crippen molar-refractivity contribution in [3.63, 3.8) is 0 Å². The van der Waals surface area contributed by atoms with E-state index in [9.17, 15) is 0 Å². The standard InChI is InChI=1S/C9H15N/c10-7-4-9(5-7)6-8(9)2-1-3-8/h7H,1-6,10H2. The molecule has 0 bridgehead atoms. The van der Waals surface area contributed by atoms with E-state index in [1.807, 2.05) is 0 Å². The maximum atomic E-state index is 5.79. The molecular weight excluding hydrogens is 122 g/mol. The first kappa shape index (κ1) is 5.59. The van der Waals surface area contributed by atoms with Crippen LogP contribution in [0, 0.1) is 10.8 Å². The van der Waals surface area contributed by atoms with Crippen LogP contribution in [0.1, 0.15) is 38.5 Å². The van der Waals surface area contributed by atoms with Gasteiger partial charge in [-0.15, -0.1) is 0 Å². The Balaban J connectivity index is 1.77. The van der Waals surface area contributed by atoms with Gasteiger partial charge in [-0.3, -0.25) is 0 Å². The molecule has 0 aliphatic heterocycles. The average Bonchev–Trinajstić information content (AvgIpc) is 2.34. The van der Waals surface area contributed by atoms with Gasteiger partial charge in [0.2, 0.25) is 0 Å². The molecule has 2 N–H and O–H groups in total. The first-order valence-corrected chi connectivity index (χ1v) is 4.52. The Morgan fingerprint density at radius 1 is 1.10 bits per heavy atom. The van der Waals surface area contributed by atoms with Gasteiger partial charge in [-0.1, -0.05) is 6.42 Å². The van der Waals surface area contributed by atoms with Crippen molar-refractivity contribution >= 4 is 0 Å². The molecule has 0 aromatic carbocycles. The molecule has 0 amide bonds. The van der Waals surface area contributed by atoms with Gasteiger partial charge in [0.05, 0.1) is 0 Å². The maximum Gasteiger partial charge on any atom is 0.00498 e. The van der Waals surface area contributed by atoms with Crippen LogP contribution in [-0.2, 0) is 0 Å². The summed E-state index contributed by atoms with van der Waals surface area (Å²) in [6.45, 7) is 0. The summed E-state index contributed by atoms with van der Waals surface area (Å²) in [6.07, 6.45) is 8.80. The first-order chi connectivity index (χ1) is 4.77. The summed E-state index contributed by atoms with van der Waals surface area (Å²) >= 11 is 0. The lowest BCUT2D eigenvalue weighted by Gasteiger charge is -2.42. The predicted octanol–water partition coefficient (Wildman–Crippen LogP) is 1.67. The van der Waals surface area contributed by atoms with Crippen LogP contribution in [0.2, 0.25) is 0 Å². The third-order valence-corrected chi connectivity index (χ3v) is 4.29. The zero-order valence-electron chi connectivity index (χ0n) is 6.40. The summed E-state index contributed by atoms with van der Waals surface area (Å²) in [5.74, 6) is 0. The van der Waals surface area contributed by atoms with Crippen molar-refractivity contribution in [3.8, 4) is 0 Å². The van der Waals surface area contributed by atoms with Crippen LogP contribution in [-0.4, -0.2) is 6.04 Å². The van der Waals surface area contributed by atoms with Gasteiger partial charge in [-0.05, 0) is 42.9 Å². The molecule has 10 heavy (non-hydrogen) atoms. The Hall–Kier alpha value is -0.0400. The first-order valence-electron chi connectivity index (χ1n) is 4.52. The van der Waals surface area contributed by atoms with Crippen molar-refractivity contribution in [2.45, 2.75) is 44.6 Å². The summed E-state index contributed by atoms with van der Waals surface area (Å²) < 4.78 is 0. The van der Waals surface area contributed by atoms with E-state index in [-0.39, 0.29) is 0 Å². The summed E-state index contributed by atoms with van der Waals surface area (Å²) in [5.41, 5.74) is 7.47. The maximum absolute atomic E-state index is 5.79. The van der Waals surface area contributed by atoms with Crippen LogP contribution >= 0.6 is 0 Å². The van der Waals surface area contributed by atoms with Crippen molar-refractivity contribution in [2.24, 2.45) is 16.6 Å². The van der Waals surface area contributed by atoms with Gasteiger partial charge in [0.25, 0.3) is 0 Å². The Labute approximate surface area is 62.0 Å². The largest absolute Gasteiger partial charge is 0.328 e. The SMILES string of the molecule is NC1CC2(C1)CC21CCC1. The van der Waals surface area contributed by atoms with Crippen molar-refractivity contribution < 1.29 is 0 Å². The van der Waals surface area contributed by atoms with Gasteiger partial charge in [0, 0.05) is 6.04 Å². The van der Waals surface area contributed by atoms with Gasteiger partial charge >= 0.3 is 0 Å². The quantitative estimate of drug-likeness (QED) is 0.540. The Bertz CT molecular complexity index is 170. The predicted molar refractivity (Wildman–Crippen MR) is 40.5 cm³/mol. The highest BCUT2D eigenvalue weighted by atomic mass is 14.8. The summed E-state index contributed by atoms with van der Waals surface area (Å²) in [4.78, 5) is 0. The molecule has 1 nitrogen and oxygen atoms in total.